The lowest BCUT2D eigenvalue weighted by atomic mass is 10.0. The van der Waals surface area contributed by atoms with Crippen LogP contribution >= 0.6 is 0 Å². The van der Waals surface area contributed by atoms with Crippen molar-refractivity contribution in [3.8, 4) is 11.3 Å². The van der Waals surface area contributed by atoms with Gasteiger partial charge in [-0.3, -0.25) is 9.69 Å². The topological polar surface area (TPSA) is 67.1 Å². The van der Waals surface area contributed by atoms with Gasteiger partial charge in [-0.15, -0.1) is 0 Å². The Balaban J connectivity index is 1.70. The molecular weight excluding hydrogens is 512 g/mol. The van der Waals surface area contributed by atoms with Gasteiger partial charge in [0.25, 0.3) is 5.91 Å². The highest BCUT2D eigenvalue weighted by atomic mass is 16.5. The van der Waals surface area contributed by atoms with Gasteiger partial charge >= 0.3 is 5.97 Å². The van der Waals surface area contributed by atoms with Crippen molar-refractivity contribution in [2.45, 2.75) is 59.8 Å². The average molecular weight is 559 g/mol. The molecule has 1 aliphatic rings. The van der Waals surface area contributed by atoms with E-state index in [-0.39, 0.29) is 11.9 Å². The van der Waals surface area contributed by atoms with E-state index in [1.165, 1.54) is 26.4 Å². The molecular formula is C34H46N4O3. The fraction of sp³-hybridized carbons (Fsp3) is 0.500. The summed E-state index contributed by atoms with van der Waals surface area (Å²) in [5.74, 6) is 0.774. The third-order valence-electron chi connectivity index (χ3n) is 7.84. The molecule has 1 aliphatic heterocycles. The molecule has 0 atom stereocenters. The second kappa shape index (κ2) is 14.4. The predicted molar refractivity (Wildman–Crippen MR) is 166 cm³/mol. The standard InChI is InChI=1S/C34H46N4O3/c1-25(2)15-21-37(22-16-26(3)4)33(39)29-17-23-38-31(24-29)30(10-9-20-36-18-7-6-8-19-36)32(35-38)27-11-13-28(14-12-27)34(40)41-5/h9-14,17,23-26H,6-8,15-16,18-22H2,1-5H3. The molecule has 0 spiro atoms. The van der Waals surface area contributed by atoms with Crippen molar-refractivity contribution in [2.75, 3.05) is 39.8 Å². The van der Waals surface area contributed by atoms with Gasteiger partial charge in [-0.05, 0) is 74.9 Å². The van der Waals surface area contributed by atoms with Crippen molar-refractivity contribution in [1.82, 2.24) is 19.4 Å². The number of hydrogen-bond donors (Lipinski definition) is 0. The summed E-state index contributed by atoms with van der Waals surface area (Å²) in [4.78, 5) is 30.3. The van der Waals surface area contributed by atoms with Gasteiger partial charge in [-0.1, -0.05) is 58.4 Å². The summed E-state index contributed by atoms with van der Waals surface area (Å²) < 4.78 is 6.72. The number of piperidine rings is 1. The maximum atomic E-state index is 13.8. The number of likely N-dealkylation sites (tertiary alicyclic amines) is 1. The SMILES string of the molecule is COC(=O)c1ccc(-c2nn3ccc(C(=O)N(CCC(C)C)CCC(C)C)cc3c2C=CCN2CCCCC2)cc1. The van der Waals surface area contributed by atoms with Crippen LogP contribution in [0.25, 0.3) is 22.9 Å². The Labute approximate surface area is 245 Å². The predicted octanol–water partition coefficient (Wildman–Crippen LogP) is 6.82. The Bertz CT molecular complexity index is 1320. The lowest BCUT2D eigenvalue weighted by Crippen LogP contribution is -2.34. The Morgan fingerprint density at radius 2 is 1.61 bits per heavy atom. The Hall–Kier alpha value is -3.45. The number of fused-ring (bicyclic) bond motifs is 1. The van der Waals surface area contributed by atoms with Gasteiger partial charge < -0.3 is 9.64 Å². The molecule has 1 aromatic carbocycles. The summed E-state index contributed by atoms with van der Waals surface area (Å²) in [5, 5.41) is 4.92. The van der Waals surface area contributed by atoms with E-state index in [1.54, 1.807) is 12.1 Å². The lowest BCUT2D eigenvalue weighted by molar-refractivity contribution is 0.0600. The van der Waals surface area contributed by atoms with Crippen molar-refractivity contribution >= 4 is 23.5 Å². The van der Waals surface area contributed by atoms with Crippen LogP contribution < -0.4 is 0 Å². The molecule has 0 aliphatic carbocycles. The maximum absolute atomic E-state index is 13.8. The van der Waals surface area contributed by atoms with E-state index in [2.05, 4.69) is 44.7 Å². The number of carbonyl (C=O) groups excluding carboxylic acids is 2. The molecule has 4 rings (SSSR count). The summed E-state index contributed by atoms with van der Waals surface area (Å²) in [6, 6.07) is 11.2. The van der Waals surface area contributed by atoms with Gasteiger partial charge in [0.05, 0.1) is 18.2 Å². The van der Waals surface area contributed by atoms with Crippen LogP contribution in [0.2, 0.25) is 0 Å². The molecule has 0 unspecified atom stereocenters. The second-order valence-electron chi connectivity index (χ2n) is 12.0. The molecule has 1 fully saturated rings. The van der Waals surface area contributed by atoms with Crippen LogP contribution in [-0.2, 0) is 4.74 Å². The Morgan fingerprint density at radius 3 is 2.22 bits per heavy atom. The molecule has 3 heterocycles. The lowest BCUT2D eigenvalue weighted by Gasteiger charge is -2.25. The molecule has 7 nitrogen and oxygen atoms in total. The minimum absolute atomic E-state index is 0.0715. The van der Waals surface area contributed by atoms with Crippen LogP contribution in [0.5, 0.6) is 0 Å². The van der Waals surface area contributed by atoms with Crippen LogP contribution in [0.1, 0.15) is 86.1 Å². The number of esters is 1. The van der Waals surface area contributed by atoms with E-state index in [0.717, 1.165) is 67.9 Å². The summed E-state index contributed by atoms with van der Waals surface area (Å²) in [6.45, 7) is 13.5. The summed E-state index contributed by atoms with van der Waals surface area (Å²) in [7, 11) is 1.38. The third-order valence-corrected chi connectivity index (χ3v) is 7.84. The number of benzene rings is 1. The minimum Gasteiger partial charge on any atom is -0.465 e. The zero-order chi connectivity index (χ0) is 29.4. The molecule has 1 amide bonds. The van der Waals surface area contributed by atoms with Crippen molar-refractivity contribution in [3.05, 3.63) is 65.4 Å². The first-order valence-corrected chi connectivity index (χ1v) is 15.2. The van der Waals surface area contributed by atoms with E-state index >= 15 is 0 Å². The zero-order valence-corrected chi connectivity index (χ0v) is 25.4. The highest BCUT2D eigenvalue weighted by Crippen LogP contribution is 2.29. The number of ether oxygens (including phenoxy) is 1. The molecule has 3 aromatic rings. The van der Waals surface area contributed by atoms with Gasteiger partial charge in [0.15, 0.2) is 0 Å². The molecule has 0 saturated carbocycles. The number of carbonyl (C=O) groups is 2. The number of amides is 1. The first-order valence-electron chi connectivity index (χ1n) is 15.2. The third kappa shape index (κ3) is 8.07. The highest BCUT2D eigenvalue weighted by molar-refractivity contribution is 5.97. The quantitative estimate of drug-likeness (QED) is 0.228. The average Bonchev–Trinajstić information content (AvgIpc) is 3.34. The fourth-order valence-electron chi connectivity index (χ4n) is 5.24. The molecule has 220 valence electrons. The van der Waals surface area contributed by atoms with E-state index in [4.69, 9.17) is 9.84 Å². The van der Waals surface area contributed by atoms with Crippen LogP contribution in [0.4, 0.5) is 0 Å². The van der Waals surface area contributed by atoms with Crippen molar-refractivity contribution < 1.29 is 14.3 Å². The Morgan fingerprint density at radius 1 is 0.951 bits per heavy atom. The van der Waals surface area contributed by atoms with Gasteiger partial charge in [0.1, 0.15) is 5.69 Å². The fourth-order valence-corrected chi connectivity index (χ4v) is 5.24. The van der Waals surface area contributed by atoms with Crippen molar-refractivity contribution in [1.29, 1.82) is 0 Å². The first kappa shape index (κ1) is 30.5. The summed E-state index contributed by atoms with van der Waals surface area (Å²) in [6.07, 6.45) is 12.0. The van der Waals surface area contributed by atoms with E-state index in [9.17, 15) is 9.59 Å². The first-order chi connectivity index (χ1) is 19.8. The van der Waals surface area contributed by atoms with Gasteiger partial charge in [-0.25, -0.2) is 9.31 Å². The molecule has 41 heavy (non-hydrogen) atoms. The van der Waals surface area contributed by atoms with Gasteiger partial charge in [0, 0.05) is 42.5 Å². The summed E-state index contributed by atoms with van der Waals surface area (Å²) >= 11 is 0. The zero-order valence-electron chi connectivity index (χ0n) is 25.4. The number of aromatic nitrogens is 2. The van der Waals surface area contributed by atoms with Gasteiger partial charge in [0.2, 0.25) is 0 Å². The van der Waals surface area contributed by atoms with Crippen molar-refractivity contribution in [3.63, 3.8) is 0 Å². The molecule has 7 heteroatoms. The molecule has 1 saturated heterocycles. The van der Waals surface area contributed by atoms with Crippen LogP contribution in [0.3, 0.4) is 0 Å². The summed E-state index contributed by atoms with van der Waals surface area (Å²) in [5.41, 5.74) is 4.77. The minimum atomic E-state index is -0.365. The Kier molecular flexibility index (Phi) is 10.7. The van der Waals surface area contributed by atoms with Crippen molar-refractivity contribution in [2.24, 2.45) is 11.8 Å². The maximum Gasteiger partial charge on any atom is 0.337 e. The van der Waals surface area contributed by atoms with E-state index in [1.807, 2.05) is 39.9 Å². The second-order valence-corrected chi connectivity index (χ2v) is 12.0. The highest BCUT2D eigenvalue weighted by Gasteiger charge is 2.20. The van der Waals surface area contributed by atoms with Crippen LogP contribution in [0.15, 0.2) is 48.7 Å². The van der Waals surface area contributed by atoms with Crippen LogP contribution in [0, 0.1) is 11.8 Å². The van der Waals surface area contributed by atoms with E-state index in [0.29, 0.717) is 23.0 Å². The molecule has 0 bridgehead atoms. The van der Waals surface area contributed by atoms with Crippen LogP contribution in [-0.4, -0.2) is 71.1 Å². The smallest absolute Gasteiger partial charge is 0.337 e. The molecule has 0 N–H and O–H groups in total. The number of nitrogens with zero attached hydrogens (tertiary/aromatic N) is 4. The molecule has 0 radical (unpaired) electrons. The number of hydrogen-bond acceptors (Lipinski definition) is 5. The molecule has 2 aromatic heterocycles. The van der Waals surface area contributed by atoms with E-state index < -0.39 is 0 Å². The number of methoxy groups -OCH3 is 1. The largest absolute Gasteiger partial charge is 0.465 e. The number of rotatable bonds is 12. The number of pyridine rings is 1. The monoisotopic (exact) mass is 558 g/mol. The normalized spacial score (nSPS) is 14.4. The van der Waals surface area contributed by atoms with Gasteiger partial charge in [-0.2, -0.15) is 5.10 Å².